The number of carboxylic acids is 1. The third-order valence-electron chi connectivity index (χ3n) is 3.17. The number of rotatable bonds is 7. The molecule has 1 atom stereocenters. The maximum Gasteiger partial charge on any atom is 0.303 e. The Morgan fingerprint density at radius 3 is 2.67 bits per heavy atom. The van der Waals surface area contributed by atoms with Crippen molar-refractivity contribution in [3.8, 4) is 0 Å². The second-order valence-electron chi connectivity index (χ2n) is 4.53. The number of carbonyl (C=O) groups is 1. The van der Waals surface area contributed by atoms with E-state index in [0.29, 0.717) is 12.0 Å². The second-order valence-corrected chi connectivity index (χ2v) is 4.53. The van der Waals surface area contributed by atoms with Crippen molar-refractivity contribution in [2.45, 2.75) is 32.2 Å². The Balaban J connectivity index is 2.44. The van der Waals surface area contributed by atoms with Crippen LogP contribution >= 0.6 is 0 Å². The number of benzene rings is 1. The number of halogens is 1. The number of hydrogen-bond acceptors (Lipinski definition) is 2. The summed E-state index contributed by atoms with van der Waals surface area (Å²) in [6.45, 7) is 2.72. The molecule has 0 amide bonds. The van der Waals surface area contributed by atoms with Crippen LogP contribution in [0.5, 0.6) is 0 Å². The molecule has 0 aromatic heterocycles. The van der Waals surface area contributed by atoms with E-state index in [1.807, 2.05) is 24.9 Å². The normalized spacial score (nSPS) is 12.7. The summed E-state index contributed by atoms with van der Waals surface area (Å²) in [5, 5.41) is 8.54. The maximum absolute atomic E-state index is 13.6. The molecule has 3 nitrogen and oxygen atoms in total. The van der Waals surface area contributed by atoms with Crippen molar-refractivity contribution in [1.82, 2.24) is 4.90 Å². The van der Waals surface area contributed by atoms with Gasteiger partial charge in [0.2, 0.25) is 0 Å². The van der Waals surface area contributed by atoms with Gasteiger partial charge in [0.25, 0.3) is 0 Å². The van der Waals surface area contributed by atoms with Gasteiger partial charge in [0.15, 0.2) is 0 Å². The van der Waals surface area contributed by atoms with Crippen molar-refractivity contribution >= 4 is 5.97 Å². The highest BCUT2D eigenvalue weighted by Crippen LogP contribution is 2.21. The van der Waals surface area contributed by atoms with Crippen LogP contribution < -0.4 is 0 Å². The van der Waals surface area contributed by atoms with E-state index in [2.05, 4.69) is 0 Å². The highest BCUT2D eigenvalue weighted by molar-refractivity contribution is 5.66. The van der Waals surface area contributed by atoms with E-state index in [1.165, 1.54) is 6.07 Å². The summed E-state index contributed by atoms with van der Waals surface area (Å²) in [7, 11) is 1.93. The van der Waals surface area contributed by atoms with E-state index in [-0.39, 0.29) is 18.3 Å². The molecule has 0 aliphatic rings. The van der Waals surface area contributed by atoms with Crippen LogP contribution in [0.25, 0.3) is 0 Å². The molecule has 1 unspecified atom stereocenters. The Bertz CT molecular complexity index is 395. The topological polar surface area (TPSA) is 40.5 Å². The predicted molar refractivity (Wildman–Crippen MR) is 68.9 cm³/mol. The number of aliphatic carboxylic acids is 1. The molecule has 4 heteroatoms. The van der Waals surface area contributed by atoms with Crippen LogP contribution in [0.15, 0.2) is 24.3 Å². The fraction of sp³-hybridized carbons (Fsp3) is 0.500. The Morgan fingerprint density at radius 2 is 2.06 bits per heavy atom. The molecule has 0 fully saturated rings. The minimum atomic E-state index is -0.764. The zero-order chi connectivity index (χ0) is 13.5. The van der Waals surface area contributed by atoms with Gasteiger partial charge in [-0.15, -0.1) is 0 Å². The molecule has 0 bridgehead atoms. The first-order valence-electron chi connectivity index (χ1n) is 6.19. The predicted octanol–water partition coefficient (Wildman–Crippen LogP) is 3.07. The average molecular weight is 253 g/mol. The van der Waals surface area contributed by atoms with Gasteiger partial charge in [-0.05, 0) is 39.4 Å². The highest BCUT2D eigenvalue weighted by Gasteiger charge is 2.14. The van der Waals surface area contributed by atoms with Gasteiger partial charge >= 0.3 is 5.97 Å². The molecule has 0 spiro atoms. The number of unbranched alkanes of at least 4 members (excludes halogenated alkanes) is 1. The molecule has 1 rings (SSSR count). The lowest BCUT2D eigenvalue weighted by atomic mass is 10.1. The molecule has 0 heterocycles. The van der Waals surface area contributed by atoms with E-state index >= 15 is 0 Å². The van der Waals surface area contributed by atoms with Crippen molar-refractivity contribution in [2.75, 3.05) is 13.6 Å². The van der Waals surface area contributed by atoms with Gasteiger partial charge in [-0.1, -0.05) is 18.2 Å². The van der Waals surface area contributed by atoms with Gasteiger partial charge in [-0.25, -0.2) is 4.39 Å². The first kappa shape index (κ1) is 14.6. The molecule has 1 N–H and O–H groups in total. The van der Waals surface area contributed by atoms with E-state index in [0.717, 1.165) is 13.0 Å². The SMILES string of the molecule is CC(c1ccccc1F)N(C)CCCCC(=O)O. The zero-order valence-corrected chi connectivity index (χ0v) is 10.9. The number of hydrogen-bond donors (Lipinski definition) is 1. The Hall–Kier alpha value is -1.42. The summed E-state index contributed by atoms with van der Waals surface area (Å²) in [5.41, 5.74) is 0.679. The standard InChI is InChI=1S/C14H20FNO2/c1-11(12-7-3-4-8-13(12)15)16(2)10-6-5-9-14(17)18/h3-4,7-8,11H,5-6,9-10H2,1-2H3,(H,17,18). The van der Waals surface area contributed by atoms with Crippen LogP contribution in [0, 0.1) is 5.82 Å². The van der Waals surface area contributed by atoms with Gasteiger partial charge in [-0.2, -0.15) is 0 Å². The summed E-state index contributed by atoms with van der Waals surface area (Å²) >= 11 is 0. The lowest BCUT2D eigenvalue weighted by Crippen LogP contribution is -2.24. The van der Waals surface area contributed by atoms with Crippen molar-refractivity contribution in [1.29, 1.82) is 0 Å². The molecule has 0 saturated carbocycles. The molecule has 0 saturated heterocycles. The average Bonchev–Trinajstić information content (AvgIpc) is 2.34. The van der Waals surface area contributed by atoms with Gasteiger partial charge < -0.3 is 5.11 Å². The molecule has 0 radical (unpaired) electrons. The quantitative estimate of drug-likeness (QED) is 0.759. The summed E-state index contributed by atoms with van der Waals surface area (Å²) in [5.74, 6) is -0.956. The van der Waals surface area contributed by atoms with Gasteiger partial charge in [0.05, 0.1) is 0 Å². The van der Waals surface area contributed by atoms with Crippen LogP contribution in [0.2, 0.25) is 0 Å². The number of nitrogens with zero attached hydrogens (tertiary/aromatic N) is 1. The molecule has 18 heavy (non-hydrogen) atoms. The summed E-state index contributed by atoms with van der Waals surface area (Å²) in [6.07, 6.45) is 1.66. The summed E-state index contributed by atoms with van der Waals surface area (Å²) in [4.78, 5) is 12.4. The fourth-order valence-electron chi connectivity index (χ4n) is 1.88. The molecular formula is C14H20FNO2. The van der Waals surface area contributed by atoms with Crippen LogP contribution in [0.4, 0.5) is 4.39 Å². The monoisotopic (exact) mass is 253 g/mol. The van der Waals surface area contributed by atoms with E-state index in [4.69, 9.17) is 5.11 Å². The van der Waals surface area contributed by atoms with Crippen LogP contribution in [0.1, 0.15) is 37.8 Å². The molecular weight excluding hydrogens is 233 g/mol. The largest absolute Gasteiger partial charge is 0.481 e. The van der Waals surface area contributed by atoms with E-state index in [1.54, 1.807) is 12.1 Å². The first-order valence-corrected chi connectivity index (χ1v) is 6.19. The Labute approximate surface area is 107 Å². The van der Waals surface area contributed by atoms with E-state index in [9.17, 15) is 9.18 Å². The third kappa shape index (κ3) is 4.45. The minimum absolute atomic E-state index is 0.00368. The van der Waals surface area contributed by atoms with Crippen LogP contribution in [-0.4, -0.2) is 29.6 Å². The fourth-order valence-corrected chi connectivity index (χ4v) is 1.88. The lowest BCUT2D eigenvalue weighted by Gasteiger charge is -2.25. The van der Waals surface area contributed by atoms with Crippen molar-refractivity contribution < 1.29 is 14.3 Å². The van der Waals surface area contributed by atoms with Crippen molar-refractivity contribution in [2.24, 2.45) is 0 Å². The van der Waals surface area contributed by atoms with E-state index < -0.39 is 5.97 Å². The molecule has 1 aromatic rings. The molecule has 0 aliphatic carbocycles. The lowest BCUT2D eigenvalue weighted by molar-refractivity contribution is -0.137. The van der Waals surface area contributed by atoms with Crippen LogP contribution in [0.3, 0.4) is 0 Å². The number of carboxylic acid groups (broad SMARTS) is 1. The minimum Gasteiger partial charge on any atom is -0.481 e. The first-order chi connectivity index (χ1) is 8.52. The van der Waals surface area contributed by atoms with Gasteiger partial charge in [0, 0.05) is 18.0 Å². The Morgan fingerprint density at radius 1 is 1.39 bits per heavy atom. The zero-order valence-electron chi connectivity index (χ0n) is 10.9. The second kappa shape index (κ2) is 7.11. The molecule has 0 aliphatic heterocycles. The maximum atomic E-state index is 13.6. The molecule has 100 valence electrons. The third-order valence-corrected chi connectivity index (χ3v) is 3.17. The van der Waals surface area contributed by atoms with Gasteiger partial charge in [-0.3, -0.25) is 9.69 Å². The highest BCUT2D eigenvalue weighted by atomic mass is 19.1. The summed E-state index contributed by atoms with van der Waals surface area (Å²) < 4.78 is 13.6. The van der Waals surface area contributed by atoms with Crippen molar-refractivity contribution in [3.63, 3.8) is 0 Å². The molecule has 1 aromatic carbocycles. The summed E-state index contributed by atoms with van der Waals surface area (Å²) in [6, 6.07) is 6.75. The Kier molecular flexibility index (Phi) is 5.78. The van der Waals surface area contributed by atoms with Crippen molar-refractivity contribution in [3.05, 3.63) is 35.6 Å². The smallest absolute Gasteiger partial charge is 0.303 e. The van der Waals surface area contributed by atoms with Gasteiger partial charge in [0.1, 0.15) is 5.82 Å². The van der Waals surface area contributed by atoms with Crippen LogP contribution in [-0.2, 0) is 4.79 Å².